The van der Waals surface area contributed by atoms with Gasteiger partial charge in [0.2, 0.25) is 5.91 Å². The van der Waals surface area contributed by atoms with E-state index in [1.807, 2.05) is 0 Å². The Morgan fingerprint density at radius 3 is 1.74 bits per heavy atom. The molecule has 0 saturated carbocycles. The monoisotopic (exact) mass is 269 g/mol. The van der Waals surface area contributed by atoms with Crippen LogP contribution in [-0.2, 0) is 4.79 Å². The van der Waals surface area contributed by atoms with Crippen molar-refractivity contribution in [3.8, 4) is 0 Å². The third-order valence-electron chi connectivity index (χ3n) is 3.98. The van der Waals surface area contributed by atoms with Crippen LogP contribution in [0.1, 0.15) is 97.3 Å². The maximum Gasteiger partial charge on any atom is 0.217 e. The SMILES string of the molecule is CCCCCCC[C@@H](CCCCCC)CCC(N)=O. The lowest BCUT2D eigenvalue weighted by atomic mass is 9.90. The fourth-order valence-electron chi connectivity index (χ4n) is 2.68. The van der Waals surface area contributed by atoms with Crippen LogP contribution in [0.2, 0.25) is 0 Å². The van der Waals surface area contributed by atoms with Crippen molar-refractivity contribution in [1.82, 2.24) is 0 Å². The van der Waals surface area contributed by atoms with Crippen molar-refractivity contribution in [2.75, 3.05) is 0 Å². The molecule has 0 fully saturated rings. The summed E-state index contributed by atoms with van der Waals surface area (Å²) in [6, 6.07) is 0. The normalized spacial score (nSPS) is 12.5. The van der Waals surface area contributed by atoms with E-state index in [1.54, 1.807) is 0 Å². The van der Waals surface area contributed by atoms with E-state index in [2.05, 4.69) is 13.8 Å². The standard InChI is InChI=1S/C17H35NO/c1-3-5-7-9-11-13-16(14-15-17(18)19)12-10-8-6-4-2/h16H,3-15H2,1-2H3,(H2,18,19)/t16-/m1/s1. The van der Waals surface area contributed by atoms with Crippen LogP contribution in [0.4, 0.5) is 0 Å². The van der Waals surface area contributed by atoms with Crippen LogP contribution in [0.5, 0.6) is 0 Å². The summed E-state index contributed by atoms with van der Waals surface area (Å²) in [5.74, 6) is 0.593. The first-order valence-corrected chi connectivity index (χ1v) is 8.49. The first-order chi connectivity index (χ1) is 9.20. The molecule has 1 amide bonds. The average Bonchev–Trinajstić information content (AvgIpc) is 2.39. The van der Waals surface area contributed by atoms with E-state index in [0.29, 0.717) is 6.42 Å². The first kappa shape index (κ1) is 18.5. The lowest BCUT2D eigenvalue weighted by Crippen LogP contribution is -2.13. The number of unbranched alkanes of at least 4 members (excludes halogenated alkanes) is 7. The molecule has 0 aliphatic rings. The molecule has 0 saturated heterocycles. The summed E-state index contributed by atoms with van der Waals surface area (Å²) >= 11 is 0. The molecule has 0 aliphatic carbocycles. The second kappa shape index (κ2) is 13.9. The maximum atomic E-state index is 10.9. The molecule has 0 aromatic carbocycles. The zero-order valence-electron chi connectivity index (χ0n) is 13.3. The van der Waals surface area contributed by atoms with Gasteiger partial charge in [-0.15, -0.1) is 0 Å². The highest BCUT2D eigenvalue weighted by Crippen LogP contribution is 2.22. The molecule has 0 aromatic heterocycles. The lowest BCUT2D eigenvalue weighted by molar-refractivity contribution is -0.118. The molecule has 2 heteroatoms. The Morgan fingerprint density at radius 1 is 0.789 bits per heavy atom. The smallest absolute Gasteiger partial charge is 0.217 e. The number of carbonyl (C=O) groups excluding carboxylic acids is 1. The molecule has 2 nitrogen and oxygen atoms in total. The summed E-state index contributed by atoms with van der Waals surface area (Å²) in [5, 5.41) is 0. The van der Waals surface area contributed by atoms with Crippen LogP contribution in [0.15, 0.2) is 0 Å². The molecule has 0 radical (unpaired) electrons. The van der Waals surface area contributed by atoms with Crippen LogP contribution >= 0.6 is 0 Å². The van der Waals surface area contributed by atoms with Crippen LogP contribution in [0.25, 0.3) is 0 Å². The van der Waals surface area contributed by atoms with Gasteiger partial charge in [-0.05, 0) is 12.3 Å². The minimum Gasteiger partial charge on any atom is -0.370 e. The van der Waals surface area contributed by atoms with Crippen molar-refractivity contribution in [3.05, 3.63) is 0 Å². The summed E-state index contributed by atoms with van der Waals surface area (Å²) in [6.07, 6.45) is 16.2. The topological polar surface area (TPSA) is 43.1 Å². The molecular weight excluding hydrogens is 234 g/mol. The van der Waals surface area contributed by atoms with E-state index >= 15 is 0 Å². The van der Waals surface area contributed by atoms with Crippen molar-refractivity contribution < 1.29 is 4.79 Å². The van der Waals surface area contributed by atoms with E-state index in [1.165, 1.54) is 70.6 Å². The fourth-order valence-corrected chi connectivity index (χ4v) is 2.68. The number of amides is 1. The van der Waals surface area contributed by atoms with Gasteiger partial charge in [0.05, 0.1) is 0 Å². The third-order valence-corrected chi connectivity index (χ3v) is 3.98. The highest BCUT2D eigenvalue weighted by Gasteiger charge is 2.10. The van der Waals surface area contributed by atoms with E-state index in [9.17, 15) is 4.79 Å². The van der Waals surface area contributed by atoms with E-state index in [-0.39, 0.29) is 5.91 Å². The van der Waals surface area contributed by atoms with Gasteiger partial charge in [-0.1, -0.05) is 84.5 Å². The minimum absolute atomic E-state index is 0.135. The highest BCUT2D eigenvalue weighted by molar-refractivity contribution is 5.73. The predicted molar refractivity (Wildman–Crippen MR) is 84.1 cm³/mol. The molecule has 19 heavy (non-hydrogen) atoms. The van der Waals surface area contributed by atoms with Gasteiger partial charge in [0, 0.05) is 6.42 Å². The third kappa shape index (κ3) is 13.7. The Kier molecular flexibility index (Phi) is 13.5. The Hall–Kier alpha value is -0.530. The summed E-state index contributed by atoms with van der Waals surface area (Å²) in [5.41, 5.74) is 5.27. The Labute approximate surface area is 120 Å². The van der Waals surface area contributed by atoms with Gasteiger partial charge in [0.25, 0.3) is 0 Å². The van der Waals surface area contributed by atoms with Crippen LogP contribution < -0.4 is 5.73 Å². The summed E-state index contributed by atoms with van der Waals surface area (Å²) < 4.78 is 0. The first-order valence-electron chi connectivity index (χ1n) is 8.49. The molecule has 0 rings (SSSR count). The largest absolute Gasteiger partial charge is 0.370 e. The van der Waals surface area contributed by atoms with Crippen LogP contribution in [0.3, 0.4) is 0 Å². The highest BCUT2D eigenvalue weighted by atomic mass is 16.1. The molecule has 1 atom stereocenters. The van der Waals surface area contributed by atoms with Gasteiger partial charge < -0.3 is 5.73 Å². The molecular formula is C17H35NO. The number of carbonyl (C=O) groups is 1. The van der Waals surface area contributed by atoms with E-state index < -0.39 is 0 Å². The number of rotatable bonds is 14. The number of nitrogens with two attached hydrogens (primary N) is 1. The second-order valence-corrected chi connectivity index (χ2v) is 5.92. The van der Waals surface area contributed by atoms with Crippen molar-refractivity contribution in [2.45, 2.75) is 97.3 Å². The van der Waals surface area contributed by atoms with Crippen LogP contribution in [0, 0.1) is 5.92 Å². The summed E-state index contributed by atoms with van der Waals surface area (Å²) in [4.78, 5) is 10.9. The molecule has 0 spiro atoms. The summed E-state index contributed by atoms with van der Waals surface area (Å²) in [6.45, 7) is 4.50. The second-order valence-electron chi connectivity index (χ2n) is 5.92. The van der Waals surface area contributed by atoms with E-state index in [0.717, 1.165) is 12.3 Å². The maximum absolute atomic E-state index is 10.9. The minimum atomic E-state index is -0.135. The quantitative estimate of drug-likeness (QED) is 0.433. The molecule has 114 valence electrons. The van der Waals surface area contributed by atoms with Crippen molar-refractivity contribution in [2.24, 2.45) is 11.7 Å². The average molecular weight is 269 g/mol. The van der Waals surface area contributed by atoms with Crippen molar-refractivity contribution in [3.63, 3.8) is 0 Å². The lowest BCUT2D eigenvalue weighted by Gasteiger charge is -2.16. The van der Waals surface area contributed by atoms with Crippen molar-refractivity contribution in [1.29, 1.82) is 0 Å². The Balaban J connectivity index is 3.72. The molecule has 0 aromatic rings. The van der Waals surface area contributed by atoms with E-state index in [4.69, 9.17) is 5.73 Å². The molecule has 0 bridgehead atoms. The zero-order valence-corrected chi connectivity index (χ0v) is 13.3. The molecule has 0 heterocycles. The molecule has 0 aliphatic heterocycles. The number of hydrogen-bond donors (Lipinski definition) is 1. The Morgan fingerprint density at radius 2 is 1.26 bits per heavy atom. The fraction of sp³-hybridized carbons (Fsp3) is 0.941. The summed E-state index contributed by atoms with van der Waals surface area (Å²) in [7, 11) is 0. The van der Waals surface area contributed by atoms with Gasteiger partial charge >= 0.3 is 0 Å². The van der Waals surface area contributed by atoms with Gasteiger partial charge in [0.15, 0.2) is 0 Å². The number of primary amides is 1. The van der Waals surface area contributed by atoms with Gasteiger partial charge in [0.1, 0.15) is 0 Å². The Bertz CT molecular complexity index is 203. The van der Waals surface area contributed by atoms with Gasteiger partial charge in [-0.2, -0.15) is 0 Å². The zero-order chi connectivity index (χ0) is 14.3. The molecule has 2 N–H and O–H groups in total. The van der Waals surface area contributed by atoms with Crippen LogP contribution in [-0.4, -0.2) is 5.91 Å². The molecule has 0 unspecified atom stereocenters. The van der Waals surface area contributed by atoms with Crippen molar-refractivity contribution >= 4 is 5.91 Å². The van der Waals surface area contributed by atoms with Gasteiger partial charge in [-0.25, -0.2) is 0 Å². The number of hydrogen-bond acceptors (Lipinski definition) is 1. The van der Waals surface area contributed by atoms with Gasteiger partial charge in [-0.3, -0.25) is 4.79 Å². The predicted octanol–water partition coefficient (Wildman–Crippen LogP) is 5.20.